The van der Waals surface area contributed by atoms with E-state index in [1.807, 2.05) is 12.1 Å². The molecule has 1 heterocycles. The van der Waals surface area contributed by atoms with Crippen LogP contribution < -0.4 is 10.1 Å². The minimum atomic E-state index is 0.276. The van der Waals surface area contributed by atoms with Crippen molar-refractivity contribution in [3.8, 4) is 5.88 Å². The molecule has 0 aliphatic heterocycles. The predicted octanol–water partition coefficient (Wildman–Crippen LogP) is 3.35. The van der Waals surface area contributed by atoms with Crippen LogP contribution in [0, 0.1) is 5.41 Å². The summed E-state index contributed by atoms with van der Waals surface area (Å²) < 4.78 is 5.05. The zero-order chi connectivity index (χ0) is 14.3. The number of ether oxygens (including phenoxy) is 1. The third-order valence-corrected chi connectivity index (χ3v) is 3.05. The van der Waals surface area contributed by atoms with Gasteiger partial charge in [0.05, 0.1) is 18.8 Å². The molecule has 1 N–H and O–H groups in total. The van der Waals surface area contributed by atoms with Crippen molar-refractivity contribution >= 4 is 0 Å². The highest BCUT2D eigenvalue weighted by atomic mass is 16.5. The SMILES string of the molecule is CCCNC(CCC(C)(C)C)c1ccc(OC)nn1. The Kier molecular flexibility index (Phi) is 6.22. The van der Waals surface area contributed by atoms with Gasteiger partial charge in [-0.15, -0.1) is 5.10 Å². The van der Waals surface area contributed by atoms with Gasteiger partial charge in [0.2, 0.25) is 5.88 Å². The first-order valence-corrected chi connectivity index (χ1v) is 7.07. The van der Waals surface area contributed by atoms with Crippen LogP contribution >= 0.6 is 0 Å². The standard InChI is InChI=1S/C15H27N3O/c1-6-11-16-12(9-10-15(2,3)4)13-7-8-14(19-5)18-17-13/h7-8,12,16H,6,9-11H2,1-5H3. The molecule has 4 nitrogen and oxygen atoms in total. The highest BCUT2D eigenvalue weighted by Gasteiger charge is 2.17. The minimum absolute atomic E-state index is 0.276. The molecule has 0 saturated carbocycles. The van der Waals surface area contributed by atoms with Gasteiger partial charge in [0.1, 0.15) is 0 Å². The third kappa shape index (κ3) is 6.01. The number of nitrogens with one attached hydrogen (secondary N) is 1. The molecule has 108 valence electrons. The Morgan fingerprint density at radius 1 is 1.26 bits per heavy atom. The molecule has 0 aliphatic carbocycles. The minimum Gasteiger partial charge on any atom is -0.480 e. The lowest BCUT2D eigenvalue weighted by Crippen LogP contribution is -2.24. The van der Waals surface area contributed by atoms with Crippen LogP contribution in [0.1, 0.15) is 58.7 Å². The highest BCUT2D eigenvalue weighted by Crippen LogP contribution is 2.26. The third-order valence-electron chi connectivity index (χ3n) is 3.05. The first kappa shape index (κ1) is 15.9. The zero-order valence-corrected chi connectivity index (χ0v) is 12.9. The summed E-state index contributed by atoms with van der Waals surface area (Å²) in [4.78, 5) is 0. The molecule has 0 bridgehead atoms. The van der Waals surface area contributed by atoms with Crippen LogP contribution in [-0.2, 0) is 0 Å². The van der Waals surface area contributed by atoms with Gasteiger partial charge in [-0.2, -0.15) is 5.10 Å². The van der Waals surface area contributed by atoms with Gasteiger partial charge in [0.15, 0.2) is 0 Å². The maximum atomic E-state index is 5.05. The van der Waals surface area contributed by atoms with Crippen molar-refractivity contribution < 1.29 is 4.74 Å². The quantitative estimate of drug-likeness (QED) is 0.821. The molecule has 1 unspecified atom stereocenters. The Bertz CT molecular complexity index is 357. The van der Waals surface area contributed by atoms with Gasteiger partial charge < -0.3 is 10.1 Å². The highest BCUT2D eigenvalue weighted by molar-refractivity contribution is 5.14. The topological polar surface area (TPSA) is 47.0 Å². The Morgan fingerprint density at radius 2 is 2.00 bits per heavy atom. The zero-order valence-electron chi connectivity index (χ0n) is 12.9. The van der Waals surface area contributed by atoms with E-state index in [9.17, 15) is 0 Å². The molecule has 1 aromatic heterocycles. The van der Waals surface area contributed by atoms with Crippen LogP contribution in [-0.4, -0.2) is 23.9 Å². The van der Waals surface area contributed by atoms with Crippen LogP contribution in [0.3, 0.4) is 0 Å². The number of hydrogen-bond acceptors (Lipinski definition) is 4. The van der Waals surface area contributed by atoms with Crippen LogP contribution in [0.2, 0.25) is 0 Å². The Balaban J connectivity index is 2.70. The molecule has 0 aromatic carbocycles. The van der Waals surface area contributed by atoms with Gasteiger partial charge in [0, 0.05) is 6.07 Å². The second-order valence-corrected chi connectivity index (χ2v) is 6.11. The van der Waals surface area contributed by atoms with Gasteiger partial charge in [-0.05, 0) is 37.3 Å². The molecule has 1 atom stereocenters. The summed E-state index contributed by atoms with van der Waals surface area (Å²) >= 11 is 0. The first-order chi connectivity index (χ1) is 8.96. The van der Waals surface area contributed by atoms with Crippen molar-refractivity contribution in [3.05, 3.63) is 17.8 Å². The van der Waals surface area contributed by atoms with E-state index in [2.05, 4.69) is 43.2 Å². The lowest BCUT2D eigenvalue weighted by molar-refractivity contribution is 0.328. The Labute approximate surface area is 117 Å². The van der Waals surface area contributed by atoms with E-state index in [4.69, 9.17) is 4.74 Å². The molecule has 0 aliphatic rings. The van der Waals surface area contributed by atoms with Crippen molar-refractivity contribution in [2.24, 2.45) is 5.41 Å². The lowest BCUT2D eigenvalue weighted by atomic mass is 9.88. The molecule has 19 heavy (non-hydrogen) atoms. The molecule has 4 heteroatoms. The van der Waals surface area contributed by atoms with Gasteiger partial charge in [-0.25, -0.2) is 0 Å². The maximum absolute atomic E-state index is 5.05. The smallest absolute Gasteiger partial charge is 0.233 e. The van der Waals surface area contributed by atoms with Crippen LogP contribution in [0.4, 0.5) is 0 Å². The van der Waals surface area contributed by atoms with Gasteiger partial charge in [-0.3, -0.25) is 0 Å². The average Bonchev–Trinajstić information content (AvgIpc) is 2.38. The molecule has 0 fully saturated rings. The molecule has 1 aromatic rings. The molecule has 1 rings (SSSR count). The first-order valence-electron chi connectivity index (χ1n) is 7.07. The Hall–Kier alpha value is -1.16. The van der Waals surface area contributed by atoms with Gasteiger partial charge in [0.25, 0.3) is 0 Å². The van der Waals surface area contributed by atoms with Crippen molar-refractivity contribution in [2.45, 2.75) is 53.0 Å². The van der Waals surface area contributed by atoms with Crippen LogP contribution in [0.5, 0.6) is 5.88 Å². The van der Waals surface area contributed by atoms with E-state index in [0.29, 0.717) is 11.3 Å². The second-order valence-electron chi connectivity index (χ2n) is 6.11. The molecule has 0 saturated heterocycles. The summed E-state index contributed by atoms with van der Waals surface area (Å²) in [6, 6.07) is 4.15. The summed E-state index contributed by atoms with van der Waals surface area (Å²) in [6.45, 7) is 9.98. The molecule has 0 amide bonds. The van der Waals surface area contributed by atoms with E-state index in [0.717, 1.165) is 31.5 Å². The fraction of sp³-hybridized carbons (Fsp3) is 0.733. The maximum Gasteiger partial charge on any atom is 0.233 e. The van der Waals surface area contributed by atoms with Gasteiger partial charge in [-0.1, -0.05) is 27.7 Å². The van der Waals surface area contributed by atoms with E-state index in [1.54, 1.807) is 7.11 Å². The molecule has 0 spiro atoms. The van der Waals surface area contributed by atoms with Crippen molar-refractivity contribution in [2.75, 3.05) is 13.7 Å². The number of rotatable bonds is 7. The molecular weight excluding hydrogens is 238 g/mol. The van der Waals surface area contributed by atoms with Crippen molar-refractivity contribution in [3.63, 3.8) is 0 Å². The van der Waals surface area contributed by atoms with E-state index >= 15 is 0 Å². The van der Waals surface area contributed by atoms with Crippen LogP contribution in [0.25, 0.3) is 0 Å². The normalized spacial score (nSPS) is 13.3. The number of aromatic nitrogens is 2. The Morgan fingerprint density at radius 3 is 2.47 bits per heavy atom. The van der Waals surface area contributed by atoms with E-state index in [-0.39, 0.29) is 6.04 Å². The van der Waals surface area contributed by atoms with E-state index in [1.165, 1.54) is 0 Å². The number of nitrogens with zero attached hydrogens (tertiary/aromatic N) is 2. The molecular formula is C15H27N3O. The number of methoxy groups -OCH3 is 1. The second kappa shape index (κ2) is 7.43. The molecule has 0 radical (unpaired) electrons. The monoisotopic (exact) mass is 265 g/mol. The summed E-state index contributed by atoms with van der Waals surface area (Å²) in [7, 11) is 1.61. The fourth-order valence-corrected chi connectivity index (χ4v) is 1.88. The summed E-state index contributed by atoms with van der Waals surface area (Å²) in [5, 5.41) is 11.9. The fourth-order valence-electron chi connectivity index (χ4n) is 1.88. The van der Waals surface area contributed by atoms with E-state index < -0.39 is 0 Å². The largest absolute Gasteiger partial charge is 0.480 e. The average molecular weight is 265 g/mol. The summed E-state index contributed by atoms with van der Waals surface area (Å²) in [5.74, 6) is 0.564. The predicted molar refractivity (Wildman–Crippen MR) is 78.3 cm³/mol. The van der Waals surface area contributed by atoms with Crippen molar-refractivity contribution in [1.82, 2.24) is 15.5 Å². The summed E-state index contributed by atoms with van der Waals surface area (Å²) in [6.07, 6.45) is 3.35. The van der Waals surface area contributed by atoms with Gasteiger partial charge >= 0.3 is 0 Å². The summed E-state index contributed by atoms with van der Waals surface area (Å²) in [5.41, 5.74) is 1.34. The number of hydrogen-bond donors (Lipinski definition) is 1. The van der Waals surface area contributed by atoms with Crippen molar-refractivity contribution in [1.29, 1.82) is 0 Å². The van der Waals surface area contributed by atoms with Crippen LogP contribution in [0.15, 0.2) is 12.1 Å². The lowest BCUT2D eigenvalue weighted by Gasteiger charge is -2.23.